The van der Waals surface area contributed by atoms with Crippen LogP contribution in [-0.4, -0.2) is 33.4 Å². The molecule has 3 rings (SSSR count). The van der Waals surface area contributed by atoms with Crippen LogP contribution >= 0.6 is 11.6 Å². The van der Waals surface area contributed by atoms with Crippen LogP contribution in [0, 0.1) is 0 Å². The van der Waals surface area contributed by atoms with Gasteiger partial charge in [-0.05, 0) is 25.0 Å². The number of amides is 1. The van der Waals surface area contributed by atoms with Crippen molar-refractivity contribution in [1.82, 2.24) is 14.5 Å². The fraction of sp³-hybridized carbons (Fsp3) is 0.312. The van der Waals surface area contributed by atoms with E-state index < -0.39 is 0 Å². The van der Waals surface area contributed by atoms with Gasteiger partial charge in [0, 0.05) is 29.7 Å². The largest absolute Gasteiger partial charge is 0.341 e. The minimum absolute atomic E-state index is 0.0272. The number of aromatic nitrogens is 2. The Kier molecular flexibility index (Phi) is 4.24. The number of benzene rings is 1. The van der Waals surface area contributed by atoms with Gasteiger partial charge in [-0.15, -0.1) is 0 Å². The first-order valence-electron chi connectivity index (χ1n) is 7.24. The number of carbonyl (C=O) groups is 1. The Balaban J connectivity index is 1.78. The second kappa shape index (κ2) is 6.32. The maximum Gasteiger partial charge on any atom is 0.254 e. The average Bonchev–Trinajstić information content (AvgIpc) is 3.04. The van der Waals surface area contributed by atoms with Crippen molar-refractivity contribution in [1.29, 1.82) is 0 Å². The van der Waals surface area contributed by atoms with Gasteiger partial charge in [0.2, 0.25) is 5.91 Å². The number of likely N-dealkylation sites (tertiary alicyclic amines) is 1. The standard InChI is InChI=1S/C16H16ClN3O2/c17-13-5-3-12(4-6-13)14-9-15(21)20(11-18-14)10-16(22)19-7-1-2-8-19/h3-6,9,11H,1-2,7-8,10H2. The molecule has 1 saturated heterocycles. The summed E-state index contributed by atoms with van der Waals surface area (Å²) in [5, 5.41) is 0.633. The van der Waals surface area contributed by atoms with Gasteiger partial charge in [-0.3, -0.25) is 14.2 Å². The molecule has 1 aliphatic heterocycles. The van der Waals surface area contributed by atoms with E-state index in [0.29, 0.717) is 10.7 Å². The van der Waals surface area contributed by atoms with E-state index in [1.54, 1.807) is 17.0 Å². The molecule has 1 amide bonds. The van der Waals surface area contributed by atoms with Crippen molar-refractivity contribution in [3.8, 4) is 11.3 Å². The molecule has 5 nitrogen and oxygen atoms in total. The minimum Gasteiger partial charge on any atom is -0.341 e. The smallest absolute Gasteiger partial charge is 0.254 e. The number of hydrogen-bond acceptors (Lipinski definition) is 3. The predicted molar refractivity (Wildman–Crippen MR) is 84.8 cm³/mol. The van der Waals surface area contributed by atoms with Crippen molar-refractivity contribution in [2.75, 3.05) is 13.1 Å². The van der Waals surface area contributed by atoms with E-state index in [-0.39, 0.29) is 18.0 Å². The molecule has 0 atom stereocenters. The van der Waals surface area contributed by atoms with Crippen molar-refractivity contribution >= 4 is 17.5 Å². The normalized spacial score (nSPS) is 14.3. The zero-order valence-electron chi connectivity index (χ0n) is 12.0. The number of nitrogens with zero attached hydrogens (tertiary/aromatic N) is 3. The average molecular weight is 318 g/mol. The van der Waals surface area contributed by atoms with Gasteiger partial charge in [-0.25, -0.2) is 4.98 Å². The maximum absolute atomic E-state index is 12.2. The van der Waals surface area contributed by atoms with Gasteiger partial charge in [0.1, 0.15) is 6.54 Å². The first kappa shape index (κ1) is 14.8. The molecule has 0 saturated carbocycles. The van der Waals surface area contributed by atoms with E-state index in [4.69, 9.17) is 11.6 Å². The lowest BCUT2D eigenvalue weighted by molar-refractivity contribution is -0.130. The lowest BCUT2D eigenvalue weighted by Gasteiger charge is -2.15. The molecule has 2 aromatic rings. The van der Waals surface area contributed by atoms with Crippen LogP contribution in [0.4, 0.5) is 0 Å². The van der Waals surface area contributed by atoms with Crippen LogP contribution < -0.4 is 5.56 Å². The van der Waals surface area contributed by atoms with Gasteiger partial charge in [-0.1, -0.05) is 23.7 Å². The third-order valence-electron chi connectivity index (χ3n) is 3.78. The second-order valence-electron chi connectivity index (χ2n) is 5.34. The van der Waals surface area contributed by atoms with Crippen LogP contribution in [0.3, 0.4) is 0 Å². The number of halogens is 1. The highest BCUT2D eigenvalue weighted by Gasteiger charge is 2.18. The Bertz CT molecular complexity index is 734. The summed E-state index contributed by atoms with van der Waals surface area (Å²) in [5.41, 5.74) is 1.17. The van der Waals surface area contributed by atoms with Gasteiger partial charge in [-0.2, -0.15) is 0 Å². The summed E-state index contributed by atoms with van der Waals surface area (Å²) in [4.78, 5) is 30.3. The minimum atomic E-state index is -0.229. The van der Waals surface area contributed by atoms with Gasteiger partial charge in [0.05, 0.1) is 12.0 Å². The molecule has 114 valence electrons. The van der Waals surface area contributed by atoms with Gasteiger partial charge >= 0.3 is 0 Å². The van der Waals surface area contributed by atoms with E-state index in [1.165, 1.54) is 17.0 Å². The van der Waals surface area contributed by atoms with Crippen LogP contribution in [0.25, 0.3) is 11.3 Å². The van der Waals surface area contributed by atoms with Gasteiger partial charge in [0.15, 0.2) is 0 Å². The van der Waals surface area contributed by atoms with Crippen molar-refractivity contribution < 1.29 is 4.79 Å². The van der Waals surface area contributed by atoms with Crippen LogP contribution in [0.5, 0.6) is 0 Å². The molecule has 1 aliphatic rings. The molecule has 6 heteroatoms. The zero-order valence-corrected chi connectivity index (χ0v) is 12.8. The number of carbonyl (C=O) groups excluding carboxylic acids is 1. The Morgan fingerprint density at radius 3 is 2.50 bits per heavy atom. The monoisotopic (exact) mass is 317 g/mol. The maximum atomic E-state index is 12.2. The lowest BCUT2D eigenvalue weighted by Crippen LogP contribution is -2.34. The summed E-state index contributed by atoms with van der Waals surface area (Å²) in [6, 6.07) is 8.57. The molecule has 0 spiro atoms. The first-order chi connectivity index (χ1) is 10.6. The molecule has 22 heavy (non-hydrogen) atoms. The third kappa shape index (κ3) is 3.20. The van der Waals surface area contributed by atoms with Crippen LogP contribution in [-0.2, 0) is 11.3 Å². The van der Waals surface area contributed by atoms with Crippen LogP contribution in [0.1, 0.15) is 12.8 Å². The second-order valence-corrected chi connectivity index (χ2v) is 5.77. The molecule has 2 heterocycles. The van der Waals surface area contributed by atoms with E-state index in [1.807, 2.05) is 12.1 Å². The molecule has 0 bridgehead atoms. The topological polar surface area (TPSA) is 55.2 Å². The summed E-state index contributed by atoms with van der Waals surface area (Å²) < 4.78 is 1.35. The van der Waals surface area contributed by atoms with Crippen LogP contribution in [0.15, 0.2) is 41.5 Å². The Morgan fingerprint density at radius 1 is 1.18 bits per heavy atom. The fourth-order valence-electron chi connectivity index (χ4n) is 2.54. The van der Waals surface area contributed by atoms with Crippen molar-refractivity contribution in [2.24, 2.45) is 0 Å². The highest BCUT2D eigenvalue weighted by atomic mass is 35.5. The summed E-state index contributed by atoms with van der Waals surface area (Å²) in [5.74, 6) is -0.0272. The third-order valence-corrected chi connectivity index (χ3v) is 4.04. The van der Waals surface area contributed by atoms with Gasteiger partial charge < -0.3 is 4.90 Å². The van der Waals surface area contributed by atoms with E-state index >= 15 is 0 Å². The summed E-state index contributed by atoms with van der Waals surface area (Å²) in [6.45, 7) is 1.61. The van der Waals surface area contributed by atoms with Gasteiger partial charge in [0.25, 0.3) is 5.56 Å². The number of rotatable bonds is 3. The lowest BCUT2D eigenvalue weighted by atomic mass is 10.1. The molecule has 0 aliphatic carbocycles. The molecule has 0 N–H and O–H groups in total. The molecule has 1 aromatic carbocycles. The first-order valence-corrected chi connectivity index (χ1v) is 7.61. The molecular formula is C16H16ClN3O2. The highest BCUT2D eigenvalue weighted by molar-refractivity contribution is 6.30. The summed E-state index contributed by atoms with van der Waals surface area (Å²) >= 11 is 5.85. The Hall–Kier alpha value is -2.14. The van der Waals surface area contributed by atoms with Crippen molar-refractivity contribution in [3.05, 3.63) is 52.0 Å². The highest BCUT2D eigenvalue weighted by Crippen LogP contribution is 2.18. The predicted octanol–water partition coefficient (Wildman–Crippen LogP) is 2.19. The Morgan fingerprint density at radius 2 is 1.86 bits per heavy atom. The summed E-state index contributed by atoms with van der Waals surface area (Å²) in [7, 11) is 0. The fourth-order valence-corrected chi connectivity index (χ4v) is 2.66. The van der Waals surface area contributed by atoms with E-state index in [0.717, 1.165) is 31.5 Å². The van der Waals surface area contributed by atoms with E-state index in [9.17, 15) is 9.59 Å². The Labute approximate surface area is 133 Å². The molecule has 1 fully saturated rings. The molecule has 0 radical (unpaired) electrons. The van der Waals surface area contributed by atoms with Crippen molar-refractivity contribution in [2.45, 2.75) is 19.4 Å². The summed E-state index contributed by atoms with van der Waals surface area (Å²) in [6.07, 6.45) is 3.50. The quantitative estimate of drug-likeness (QED) is 0.872. The number of hydrogen-bond donors (Lipinski definition) is 0. The molecular weight excluding hydrogens is 302 g/mol. The molecule has 0 unspecified atom stereocenters. The van der Waals surface area contributed by atoms with Crippen LogP contribution in [0.2, 0.25) is 5.02 Å². The zero-order chi connectivity index (χ0) is 15.5. The van der Waals surface area contributed by atoms with Crippen molar-refractivity contribution in [3.63, 3.8) is 0 Å². The van der Waals surface area contributed by atoms with E-state index in [2.05, 4.69) is 4.98 Å². The SMILES string of the molecule is O=C(Cn1cnc(-c2ccc(Cl)cc2)cc1=O)N1CCCC1. The molecule has 1 aromatic heterocycles.